The van der Waals surface area contributed by atoms with Crippen LogP contribution in [0.5, 0.6) is 0 Å². The lowest BCUT2D eigenvalue weighted by molar-refractivity contribution is 0.0712. The molecule has 0 N–H and O–H groups in total. The maximum absolute atomic E-state index is 12.5. The fraction of sp³-hybridized carbons (Fsp3) is 0.467. The first-order chi connectivity index (χ1) is 9.63. The summed E-state index contributed by atoms with van der Waals surface area (Å²) in [5.41, 5.74) is 1.17. The van der Waals surface area contributed by atoms with Crippen molar-refractivity contribution in [1.82, 2.24) is 9.88 Å². The topological polar surface area (TPSA) is 33.2 Å². The molecule has 1 saturated heterocycles. The normalized spacial score (nSPS) is 19.3. The molecule has 0 unspecified atom stereocenters. The highest BCUT2D eigenvalue weighted by atomic mass is 32.1. The van der Waals surface area contributed by atoms with Crippen molar-refractivity contribution in [2.24, 2.45) is 0 Å². The lowest BCUT2D eigenvalue weighted by atomic mass is 9.98. The predicted molar refractivity (Wildman–Crippen MR) is 83.8 cm³/mol. The van der Waals surface area contributed by atoms with Gasteiger partial charge in [-0.05, 0) is 43.7 Å². The fourth-order valence-corrected chi connectivity index (χ4v) is 4.39. The summed E-state index contributed by atoms with van der Waals surface area (Å²) in [6, 6.07) is 1.99. The van der Waals surface area contributed by atoms with Gasteiger partial charge in [0.2, 0.25) is 0 Å². The Morgan fingerprint density at radius 2 is 2.30 bits per heavy atom. The Balaban J connectivity index is 1.73. The number of carbonyl (C=O) groups is 1. The largest absolute Gasteiger partial charge is 0.337 e. The highest BCUT2D eigenvalue weighted by Gasteiger charge is 2.27. The molecule has 1 aliphatic rings. The monoisotopic (exact) mass is 306 g/mol. The molecule has 5 heteroatoms. The molecular weight excluding hydrogens is 288 g/mol. The second-order valence-electron chi connectivity index (χ2n) is 5.39. The zero-order chi connectivity index (χ0) is 14.1. The summed E-state index contributed by atoms with van der Waals surface area (Å²) in [5.74, 6) is 0.591. The molecule has 20 heavy (non-hydrogen) atoms. The molecule has 106 valence electrons. The van der Waals surface area contributed by atoms with Crippen molar-refractivity contribution in [3.05, 3.63) is 38.0 Å². The Morgan fingerprint density at radius 1 is 1.45 bits per heavy atom. The zero-order valence-corrected chi connectivity index (χ0v) is 13.4. The van der Waals surface area contributed by atoms with Crippen molar-refractivity contribution in [2.45, 2.75) is 32.6 Å². The Labute approximate surface area is 127 Å². The maximum Gasteiger partial charge on any atom is 0.263 e. The number of amides is 1. The maximum atomic E-state index is 12.5. The fourth-order valence-electron chi connectivity index (χ4n) is 2.62. The minimum Gasteiger partial charge on any atom is -0.337 e. The minimum absolute atomic E-state index is 0.182. The number of nitrogens with zero attached hydrogens (tertiary/aromatic N) is 2. The number of thiophene rings is 1. The van der Waals surface area contributed by atoms with Gasteiger partial charge < -0.3 is 4.90 Å². The number of likely N-dealkylation sites (tertiary alicyclic amines) is 1. The number of aryl methyl sites for hydroxylation is 2. The summed E-state index contributed by atoms with van der Waals surface area (Å²) in [4.78, 5) is 21.1. The van der Waals surface area contributed by atoms with Crippen LogP contribution in [-0.2, 0) is 0 Å². The van der Waals surface area contributed by atoms with E-state index < -0.39 is 0 Å². The van der Waals surface area contributed by atoms with Crippen LogP contribution in [0, 0.1) is 13.8 Å². The first-order valence-electron chi connectivity index (χ1n) is 6.90. The molecule has 1 fully saturated rings. The summed E-state index contributed by atoms with van der Waals surface area (Å²) in [5, 5.41) is 3.22. The Hall–Kier alpha value is -1.20. The van der Waals surface area contributed by atoms with Crippen LogP contribution in [0.1, 0.15) is 43.9 Å². The Bertz CT molecular complexity index is 617. The lowest BCUT2D eigenvalue weighted by Gasteiger charge is -2.31. The van der Waals surface area contributed by atoms with E-state index in [4.69, 9.17) is 0 Å². The second-order valence-corrected chi connectivity index (χ2v) is 7.57. The predicted octanol–water partition coefficient (Wildman–Crippen LogP) is 3.84. The third-order valence-electron chi connectivity index (χ3n) is 3.64. The van der Waals surface area contributed by atoms with Crippen LogP contribution in [0.3, 0.4) is 0 Å². The van der Waals surface area contributed by atoms with Crippen LogP contribution in [0.15, 0.2) is 17.6 Å². The van der Waals surface area contributed by atoms with E-state index in [0.717, 1.165) is 30.8 Å². The van der Waals surface area contributed by atoms with Crippen molar-refractivity contribution in [3.8, 4) is 0 Å². The molecule has 3 rings (SSSR count). The SMILES string of the molecule is Cc1csc(C(=O)N2CCC[C@@H](c3ncc(C)s3)C2)c1. The first kappa shape index (κ1) is 13.8. The average molecular weight is 306 g/mol. The highest BCUT2D eigenvalue weighted by molar-refractivity contribution is 7.12. The number of piperidine rings is 1. The van der Waals surface area contributed by atoms with Crippen molar-refractivity contribution in [1.29, 1.82) is 0 Å². The molecule has 0 aliphatic carbocycles. The smallest absolute Gasteiger partial charge is 0.263 e. The van der Waals surface area contributed by atoms with Crippen LogP contribution in [0.4, 0.5) is 0 Å². The van der Waals surface area contributed by atoms with E-state index in [9.17, 15) is 4.79 Å². The summed E-state index contributed by atoms with van der Waals surface area (Å²) in [6.45, 7) is 5.80. The van der Waals surface area contributed by atoms with E-state index in [0.29, 0.717) is 5.92 Å². The molecule has 0 spiro atoms. The van der Waals surface area contributed by atoms with Crippen LogP contribution in [0.25, 0.3) is 0 Å². The Kier molecular flexibility index (Phi) is 3.89. The molecule has 3 heterocycles. The van der Waals surface area contributed by atoms with Crippen molar-refractivity contribution < 1.29 is 4.79 Å². The van der Waals surface area contributed by atoms with Gasteiger partial charge in [0, 0.05) is 30.1 Å². The Morgan fingerprint density at radius 3 is 2.95 bits per heavy atom. The average Bonchev–Trinajstić information content (AvgIpc) is 3.07. The summed E-state index contributed by atoms with van der Waals surface area (Å²) in [7, 11) is 0. The van der Waals surface area contributed by atoms with Crippen molar-refractivity contribution in [2.75, 3.05) is 13.1 Å². The quantitative estimate of drug-likeness (QED) is 0.844. The minimum atomic E-state index is 0.182. The summed E-state index contributed by atoms with van der Waals surface area (Å²) in [6.07, 6.45) is 4.14. The molecule has 0 aromatic carbocycles. The van der Waals surface area contributed by atoms with Crippen LogP contribution < -0.4 is 0 Å². The number of hydrogen-bond donors (Lipinski definition) is 0. The second kappa shape index (κ2) is 5.66. The number of carbonyl (C=O) groups excluding carboxylic acids is 1. The molecular formula is C15H18N2OS2. The van der Waals surface area contributed by atoms with Gasteiger partial charge in [-0.3, -0.25) is 4.79 Å². The van der Waals surface area contributed by atoms with Crippen molar-refractivity contribution >= 4 is 28.6 Å². The van der Waals surface area contributed by atoms with Crippen LogP contribution in [-0.4, -0.2) is 28.9 Å². The summed E-state index contributed by atoms with van der Waals surface area (Å²) >= 11 is 3.31. The van der Waals surface area contributed by atoms with Crippen LogP contribution >= 0.6 is 22.7 Å². The van der Waals surface area contributed by atoms with Gasteiger partial charge in [0.25, 0.3) is 5.91 Å². The van der Waals surface area contributed by atoms with E-state index >= 15 is 0 Å². The van der Waals surface area contributed by atoms with Crippen molar-refractivity contribution in [3.63, 3.8) is 0 Å². The third-order valence-corrected chi connectivity index (χ3v) is 5.75. The third kappa shape index (κ3) is 2.79. The number of aromatic nitrogens is 1. The van der Waals surface area contributed by atoms with Gasteiger partial charge in [-0.1, -0.05) is 0 Å². The molecule has 1 atom stereocenters. The molecule has 0 saturated carbocycles. The zero-order valence-electron chi connectivity index (χ0n) is 11.8. The number of hydrogen-bond acceptors (Lipinski definition) is 4. The highest BCUT2D eigenvalue weighted by Crippen LogP contribution is 2.30. The molecule has 0 radical (unpaired) electrons. The van der Waals surface area contributed by atoms with E-state index in [1.165, 1.54) is 15.4 Å². The van der Waals surface area contributed by atoms with E-state index in [1.54, 1.807) is 22.7 Å². The van der Waals surface area contributed by atoms with Gasteiger partial charge in [0.05, 0.1) is 9.88 Å². The molecule has 2 aromatic heterocycles. The first-order valence-corrected chi connectivity index (χ1v) is 8.60. The number of rotatable bonds is 2. The lowest BCUT2D eigenvalue weighted by Crippen LogP contribution is -2.38. The van der Waals surface area contributed by atoms with E-state index in [-0.39, 0.29) is 5.91 Å². The van der Waals surface area contributed by atoms with Gasteiger partial charge in [-0.15, -0.1) is 22.7 Å². The van der Waals surface area contributed by atoms with Crippen LogP contribution in [0.2, 0.25) is 0 Å². The van der Waals surface area contributed by atoms with Gasteiger partial charge >= 0.3 is 0 Å². The van der Waals surface area contributed by atoms with Gasteiger partial charge in [0.1, 0.15) is 0 Å². The molecule has 2 aromatic rings. The molecule has 3 nitrogen and oxygen atoms in total. The van der Waals surface area contributed by atoms with Gasteiger partial charge in [-0.2, -0.15) is 0 Å². The standard InChI is InChI=1S/C15H18N2OS2/c1-10-6-13(19-9-10)15(18)17-5-3-4-12(8-17)14-16-7-11(2)20-14/h6-7,9,12H,3-5,8H2,1-2H3/t12-/m1/s1. The van der Waals surface area contributed by atoms with Gasteiger partial charge in [0.15, 0.2) is 0 Å². The molecule has 1 amide bonds. The van der Waals surface area contributed by atoms with E-state index in [1.807, 2.05) is 29.5 Å². The van der Waals surface area contributed by atoms with Gasteiger partial charge in [-0.25, -0.2) is 4.98 Å². The van der Waals surface area contributed by atoms with E-state index in [2.05, 4.69) is 11.9 Å². The number of thiazole rings is 1. The molecule has 1 aliphatic heterocycles. The summed E-state index contributed by atoms with van der Waals surface area (Å²) < 4.78 is 0. The molecule has 0 bridgehead atoms.